The fourth-order valence-corrected chi connectivity index (χ4v) is 6.64. The van der Waals surface area contributed by atoms with E-state index >= 15 is 0 Å². The van der Waals surface area contributed by atoms with Crippen LogP contribution in [0.25, 0.3) is 0 Å². The fraction of sp³-hybridized carbons (Fsp3) is 0.607. The van der Waals surface area contributed by atoms with E-state index in [0.29, 0.717) is 11.6 Å². The van der Waals surface area contributed by atoms with Gasteiger partial charge in [0.25, 0.3) is 0 Å². The standard InChI is InChI=1S/C28H37N3O4/c1-17-11-9-10-14-19(17)29-23(32)20-21-25(34)31(18-12-7-6-8-13-18)22(24(33)30-26(2,3)4)28(21)16-15-27(20,5)35-28/h6-8,12-13,15-17,19-22H,9-11,14H2,1-5H3,(H,29,32)(H,30,33)/t17-,19-,20+,21-,22-,27+,28-/m1/s1. The van der Waals surface area contributed by atoms with Gasteiger partial charge in [-0.15, -0.1) is 0 Å². The molecular formula is C28H37N3O4. The molecule has 2 bridgehead atoms. The highest BCUT2D eigenvalue weighted by Crippen LogP contribution is 2.60. The molecule has 0 unspecified atom stereocenters. The van der Waals surface area contributed by atoms with E-state index in [2.05, 4.69) is 17.6 Å². The molecule has 2 saturated heterocycles. The molecule has 1 saturated carbocycles. The van der Waals surface area contributed by atoms with E-state index in [-0.39, 0.29) is 23.8 Å². The molecule has 4 aliphatic rings. The van der Waals surface area contributed by atoms with Crippen LogP contribution in [0.15, 0.2) is 42.5 Å². The van der Waals surface area contributed by atoms with E-state index in [9.17, 15) is 14.4 Å². The number of para-hydroxylation sites is 1. The maximum absolute atomic E-state index is 14.1. The quantitative estimate of drug-likeness (QED) is 0.649. The largest absolute Gasteiger partial charge is 0.356 e. The monoisotopic (exact) mass is 479 g/mol. The summed E-state index contributed by atoms with van der Waals surface area (Å²) < 4.78 is 6.60. The van der Waals surface area contributed by atoms with Crippen molar-refractivity contribution in [2.45, 2.75) is 89.1 Å². The van der Waals surface area contributed by atoms with Crippen LogP contribution in [0.3, 0.4) is 0 Å². The van der Waals surface area contributed by atoms with Gasteiger partial charge in [-0.3, -0.25) is 19.3 Å². The molecule has 5 rings (SSSR count). The van der Waals surface area contributed by atoms with Crippen LogP contribution < -0.4 is 15.5 Å². The number of carbonyl (C=O) groups is 3. The van der Waals surface area contributed by atoms with Crippen LogP contribution in [-0.4, -0.2) is 46.5 Å². The highest BCUT2D eigenvalue weighted by molar-refractivity contribution is 6.10. The summed E-state index contributed by atoms with van der Waals surface area (Å²) in [6.45, 7) is 9.78. The zero-order chi connectivity index (χ0) is 25.2. The Balaban J connectivity index is 1.54. The molecule has 1 aromatic carbocycles. The van der Waals surface area contributed by atoms with E-state index in [1.54, 1.807) is 4.90 Å². The first kappa shape index (κ1) is 24.0. The molecule has 1 aromatic rings. The first-order chi connectivity index (χ1) is 16.5. The number of carbonyl (C=O) groups excluding carboxylic acids is 3. The van der Waals surface area contributed by atoms with Crippen molar-refractivity contribution in [1.29, 1.82) is 0 Å². The van der Waals surface area contributed by atoms with Crippen LogP contribution in [0.2, 0.25) is 0 Å². The highest BCUT2D eigenvalue weighted by atomic mass is 16.5. The third kappa shape index (κ3) is 3.79. The van der Waals surface area contributed by atoms with Crippen molar-refractivity contribution in [3.8, 4) is 0 Å². The van der Waals surface area contributed by atoms with Gasteiger partial charge in [0.2, 0.25) is 17.7 Å². The number of benzene rings is 1. The Hall–Kier alpha value is -2.67. The number of nitrogens with one attached hydrogen (secondary N) is 2. The number of rotatable bonds is 4. The van der Waals surface area contributed by atoms with Crippen LogP contribution in [0.4, 0.5) is 5.69 Å². The SMILES string of the molecule is C[C@@H]1CCCC[C@H]1NC(=O)[C@@H]1[C@@H]2C(=O)N(c3ccccc3)[C@H](C(=O)NC(C)(C)C)[C@@]23C=C[C@]1(C)O3. The van der Waals surface area contributed by atoms with E-state index in [0.717, 1.165) is 19.3 Å². The lowest BCUT2D eigenvalue weighted by Gasteiger charge is -2.35. The maximum atomic E-state index is 14.1. The first-order valence-electron chi connectivity index (χ1n) is 12.9. The molecule has 1 aliphatic carbocycles. The van der Waals surface area contributed by atoms with E-state index in [1.807, 2.05) is 70.2 Å². The summed E-state index contributed by atoms with van der Waals surface area (Å²) >= 11 is 0. The fourth-order valence-electron chi connectivity index (χ4n) is 6.64. The summed E-state index contributed by atoms with van der Waals surface area (Å²) in [6, 6.07) is 8.39. The second kappa shape index (κ2) is 8.19. The van der Waals surface area contributed by atoms with Gasteiger partial charge in [-0.1, -0.05) is 50.1 Å². The molecule has 3 amide bonds. The smallest absolute Gasteiger partial charge is 0.246 e. The summed E-state index contributed by atoms with van der Waals surface area (Å²) in [5.41, 5.74) is -2.00. The van der Waals surface area contributed by atoms with Crippen LogP contribution in [0.5, 0.6) is 0 Å². The summed E-state index contributed by atoms with van der Waals surface area (Å²) in [6.07, 6.45) is 8.06. The van der Waals surface area contributed by atoms with Crippen molar-refractivity contribution >= 4 is 23.4 Å². The van der Waals surface area contributed by atoms with Gasteiger partial charge in [-0.25, -0.2) is 0 Å². The Morgan fingerprint density at radius 3 is 2.40 bits per heavy atom. The third-order valence-electron chi connectivity index (χ3n) is 8.20. The molecule has 2 N–H and O–H groups in total. The Morgan fingerprint density at radius 1 is 1.06 bits per heavy atom. The van der Waals surface area contributed by atoms with Gasteiger partial charge in [0.1, 0.15) is 11.6 Å². The highest BCUT2D eigenvalue weighted by Gasteiger charge is 2.76. The molecular weight excluding hydrogens is 442 g/mol. The Bertz CT molecular complexity index is 1060. The van der Waals surface area contributed by atoms with Gasteiger partial charge in [-0.2, -0.15) is 0 Å². The van der Waals surface area contributed by atoms with E-state index < -0.39 is 34.6 Å². The number of fused-ring (bicyclic) bond motifs is 1. The minimum atomic E-state index is -1.20. The van der Waals surface area contributed by atoms with E-state index in [1.165, 1.54) is 6.42 Å². The molecule has 1 spiro atoms. The maximum Gasteiger partial charge on any atom is 0.246 e. The predicted molar refractivity (Wildman–Crippen MR) is 134 cm³/mol. The van der Waals surface area contributed by atoms with Crippen molar-refractivity contribution in [3.63, 3.8) is 0 Å². The van der Waals surface area contributed by atoms with Crippen LogP contribution in [0.1, 0.15) is 60.3 Å². The second-order valence-corrected chi connectivity index (χ2v) is 12.0. The van der Waals surface area contributed by atoms with Gasteiger partial charge >= 0.3 is 0 Å². The lowest BCUT2D eigenvalue weighted by molar-refractivity contribution is -0.135. The number of hydrogen-bond acceptors (Lipinski definition) is 4. The molecule has 3 fully saturated rings. The lowest BCUT2D eigenvalue weighted by atomic mass is 9.70. The zero-order valence-electron chi connectivity index (χ0n) is 21.3. The third-order valence-corrected chi connectivity index (χ3v) is 8.20. The van der Waals surface area contributed by atoms with E-state index in [4.69, 9.17) is 4.74 Å². The minimum Gasteiger partial charge on any atom is -0.356 e. The summed E-state index contributed by atoms with van der Waals surface area (Å²) in [7, 11) is 0. The van der Waals surface area contributed by atoms with Gasteiger partial charge < -0.3 is 15.4 Å². The summed E-state index contributed by atoms with van der Waals surface area (Å²) in [5, 5.41) is 6.32. The van der Waals surface area contributed by atoms with Crippen molar-refractivity contribution in [2.75, 3.05) is 4.90 Å². The van der Waals surface area contributed by atoms with Gasteiger partial charge in [0, 0.05) is 17.3 Å². The average molecular weight is 480 g/mol. The molecule has 7 nitrogen and oxygen atoms in total. The second-order valence-electron chi connectivity index (χ2n) is 12.0. The molecule has 7 atom stereocenters. The average Bonchev–Trinajstić information content (AvgIpc) is 3.35. The topological polar surface area (TPSA) is 87.7 Å². The summed E-state index contributed by atoms with van der Waals surface area (Å²) in [4.78, 5) is 43.2. The first-order valence-corrected chi connectivity index (χ1v) is 12.9. The Morgan fingerprint density at radius 2 is 1.74 bits per heavy atom. The Labute approximate surface area is 207 Å². The molecule has 188 valence electrons. The molecule has 0 radical (unpaired) electrons. The van der Waals surface area contributed by atoms with Gasteiger partial charge in [0.15, 0.2) is 0 Å². The summed E-state index contributed by atoms with van der Waals surface area (Å²) in [5.74, 6) is -1.75. The zero-order valence-corrected chi connectivity index (χ0v) is 21.3. The molecule has 3 aliphatic heterocycles. The van der Waals surface area contributed by atoms with Crippen LogP contribution in [0, 0.1) is 17.8 Å². The lowest BCUT2D eigenvalue weighted by Crippen LogP contribution is -2.58. The molecule has 35 heavy (non-hydrogen) atoms. The normalized spacial score (nSPS) is 37.9. The predicted octanol–water partition coefficient (Wildman–Crippen LogP) is 3.34. The van der Waals surface area contributed by atoms with Crippen molar-refractivity contribution < 1.29 is 19.1 Å². The van der Waals surface area contributed by atoms with Crippen molar-refractivity contribution in [3.05, 3.63) is 42.5 Å². The van der Waals surface area contributed by atoms with Gasteiger partial charge in [0.05, 0.1) is 17.4 Å². The number of ether oxygens (including phenoxy) is 1. The number of hydrogen-bond donors (Lipinski definition) is 2. The minimum absolute atomic E-state index is 0.0978. The Kier molecular flexibility index (Phi) is 5.62. The number of nitrogens with zero attached hydrogens (tertiary/aromatic N) is 1. The molecule has 3 heterocycles. The van der Waals surface area contributed by atoms with Crippen LogP contribution >= 0.6 is 0 Å². The number of amides is 3. The van der Waals surface area contributed by atoms with Crippen LogP contribution in [-0.2, 0) is 19.1 Å². The van der Waals surface area contributed by atoms with Crippen molar-refractivity contribution in [2.24, 2.45) is 17.8 Å². The molecule has 7 heteroatoms. The van der Waals surface area contributed by atoms with Crippen molar-refractivity contribution in [1.82, 2.24) is 10.6 Å². The molecule has 0 aromatic heterocycles. The van der Waals surface area contributed by atoms with Gasteiger partial charge in [-0.05, 0) is 58.6 Å². The number of anilines is 1.